The van der Waals surface area contributed by atoms with Crippen LogP contribution in [0.4, 0.5) is 0 Å². The van der Waals surface area contributed by atoms with Crippen LogP contribution in [0.5, 0.6) is 0 Å². The molecule has 1 unspecified atom stereocenters. The molecule has 0 aliphatic heterocycles. The predicted octanol–water partition coefficient (Wildman–Crippen LogP) is 3.73. The van der Waals surface area contributed by atoms with Crippen LogP contribution in [0.15, 0.2) is 37.0 Å². The number of ether oxygens (including phenoxy) is 2. The van der Waals surface area contributed by atoms with Crippen molar-refractivity contribution in [3.63, 3.8) is 0 Å². The number of allylic oxidation sites excluding steroid dienone is 2. The molecular weight excluding hydrogens is 268 g/mol. The normalized spacial score (nSPS) is 12.7. The Bertz CT molecular complexity index is 405. The summed E-state index contributed by atoms with van der Waals surface area (Å²) < 4.78 is 10.2. The Morgan fingerprint density at radius 3 is 2.29 bits per heavy atom. The molecule has 0 aliphatic rings. The molecule has 0 fully saturated rings. The summed E-state index contributed by atoms with van der Waals surface area (Å²) in [5.74, 6) is -0.859. The van der Waals surface area contributed by atoms with E-state index in [-0.39, 0.29) is 19.4 Å². The molecule has 0 heterocycles. The van der Waals surface area contributed by atoms with Crippen LogP contribution in [0, 0.1) is 0 Å². The molecule has 118 valence electrons. The lowest BCUT2D eigenvalue weighted by atomic mass is 9.99. The lowest BCUT2D eigenvalue weighted by Gasteiger charge is -2.25. The molecule has 0 aromatic heterocycles. The second-order valence-electron chi connectivity index (χ2n) is 5.28. The first kappa shape index (κ1) is 19.2. The summed E-state index contributed by atoms with van der Waals surface area (Å²) in [6.45, 7) is 13.2. The minimum atomic E-state index is -0.714. The molecule has 4 nitrogen and oxygen atoms in total. The summed E-state index contributed by atoms with van der Waals surface area (Å²) in [5, 5.41) is 0. The van der Waals surface area contributed by atoms with Crippen molar-refractivity contribution in [1.29, 1.82) is 0 Å². The first-order valence-electron chi connectivity index (χ1n) is 7.08. The summed E-state index contributed by atoms with van der Waals surface area (Å²) >= 11 is 0. The van der Waals surface area contributed by atoms with Gasteiger partial charge < -0.3 is 9.47 Å². The Balaban J connectivity index is 4.24. The maximum absolute atomic E-state index is 11.8. The number of carbonyl (C=O) groups excluding carboxylic acids is 2. The van der Waals surface area contributed by atoms with Crippen molar-refractivity contribution in [2.75, 3.05) is 6.61 Å². The summed E-state index contributed by atoms with van der Waals surface area (Å²) in [5.41, 5.74) is 0.506. The van der Waals surface area contributed by atoms with Gasteiger partial charge in [0.15, 0.2) is 0 Å². The molecule has 1 atom stereocenters. The van der Waals surface area contributed by atoms with Crippen LogP contribution >= 0.6 is 0 Å². The fourth-order valence-electron chi connectivity index (χ4n) is 1.58. The minimum absolute atomic E-state index is 0.00203. The molecule has 4 heteroatoms. The van der Waals surface area contributed by atoms with Crippen molar-refractivity contribution >= 4 is 11.9 Å². The molecule has 0 bridgehead atoms. The Labute approximate surface area is 127 Å². The second kappa shape index (κ2) is 9.97. The Morgan fingerprint density at radius 2 is 1.76 bits per heavy atom. The monoisotopic (exact) mass is 294 g/mol. The molecule has 0 aliphatic carbocycles. The lowest BCUT2D eigenvalue weighted by Crippen LogP contribution is -2.29. The highest BCUT2D eigenvalue weighted by molar-refractivity contribution is 5.78. The number of esters is 2. The third kappa shape index (κ3) is 9.66. The first-order valence-corrected chi connectivity index (χ1v) is 7.08. The van der Waals surface area contributed by atoms with Gasteiger partial charge in [-0.3, -0.25) is 9.59 Å². The SMILES string of the molecule is C=CCOC(=O)CCC(=O)OC(C)(C=C)CCC=C(C)C. The number of hydrogen-bond donors (Lipinski definition) is 0. The van der Waals surface area contributed by atoms with E-state index in [1.807, 2.05) is 20.8 Å². The van der Waals surface area contributed by atoms with E-state index in [4.69, 9.17) is 9.47 Å². The molecule has 0 aromatic rings. The number of carbonyl (C=O) groups is 2. The van der Waals surface area contributed by atoms with Crippen LogP contribution in [0.2, 0.25) is 0 Å². The Kier molecular flexibility index (Phi) is 9.10. The Morgan fingerprint density at radius 1 is 1.14 bits per heavy atom. The van der Waals surface area contributed by atoms with Crippen molar-refractivity contribution in [3.8, 4) is 0 Å². The van der Waals surface area contributed by atoms with E-state index in [1.54, 1.807) is 6.08 Å². The smallest absolute Gasteiger partial charge is 0.307 e. The third-order valence-corrected chi connectivity index (χ3v) is 2.87. The zero-order valence-corrected chi connectivity index (χ0v) is 13.3. The van der Waals surface area contributed by atoms with E-state index in [9.17, 15) is 9.59 Å². The van der Waals surface area contributed by atoms with Gasteiger partial charge in [0.1, 0.15) is 12.2 Å². The molecule has 0 N–H and O–H groups in total. The van der Waals surface area contributed by atoms with Crippen molar-refractivity contribution < 1.29 is 19.1 Å². The quantitative estimate of drug-likeness (QED) is 0.455. The van der Waals surface area contributed by atoms with Crippen LogP contribution in [0.3, 0.4) is 0 Å². The summed E-state index contributed by atoms with van der Waals surface area (Å²) in [6, 6.07) is 0. The largest absolute Gasteiger partial charge is 0.461 e. The number of hydrogen-bond acceptors (Lipinski definition) is 4. The molecular formula is C17H26O4. The standard InChI is InChI=1S/C17H26O4/c1-6-13-20-15(18)10-11-16(19)21-17(5,7-2)12-8-9-14(3)4/h6-7,9H,1-2,8,10-13H2,3-5H3. The van der Waals surface area contributed by atoms with Gasteiger partial charge in [0, 0.05) is 0 Å². The van der Waals surface area contributed by atoms with Crippen LogP contribution in [0.1, 0.15) is 46.5 Å². The van der Waals surface area contributed by atoms with Gasteiger partial charge in [-0.2, -0.15) is 0 Å². The highest BCUT2D eigenvalue weighted by atomic mass is 16.6. The van der Waals surface area contributed by atoms with Crippen molar-refractivity contribution in [2.24, 2.45) is 0 Å². The second-order valence-corrected chi connectivity index (χ2v) is 5.28. The van der Waals surface area contributed by atoms with Gasteiger partial charge in [-0.15, -0.1) is 0 Å². The molecule has 0 rings (SSSR count). The summed E-state index contributed by atoms with van der Waals surface area (Å²) in [4.78, 5) is 23.1. The zero-order chi connectivity index (χ0) is 16.3. The average molecular weight is 294 g/mol. The third-order valence-electron chi connectivity index (χ3n) is 2.87. The van der Waals surface area contributed by atoms with Crippen LogP contribution in [-0.2, 0) is 19.1 Å². The van der Waals surface area contributed by atoms with E-state index in [0.717, 1.165) is 6.42 Å². The van der Waals surface area contributed by atoms with E-state index >= 15 is 0 Å². The molecule has 0 saturated carbocycles. The van der Waals surface area contributed by atoms with Gasteiger partial charge in [0.05, 0.1) is 12.8 Å². The zero-order valence-electron chi connectivity index (χ0n) is 13.3. The first-order chi connectivity index (χ1) is 9.83. The van der Waals surface area contributed by atoms with Gasteiger partial charge in [0.2, 0.25) is 0 Å². The van der Waals surface area contributed by atoms with Crippen molar-refractivity contribution in [3.05, 3.63) is 37.0 Å². The van der Waals surface area contributed by atoms with E-state index < -0.39 is 17.5 Å². The highest BCUT2D eigenvalue weighted by Gasteiger charge is 2.24. The molecule has 0 radical (unpaired) electrons. The van der Waals surface area contributed by atoms with Gasteiger partial charge in [-0.1, -0.05) is 30.9 Å². The van der Waals surface area contributed by atoms with Crippen LogP contribution < -0.4 is 0 Å². The van der Waals surface area contributed by atoms with E-state index in [2.05, 4.69) is 19.2 Å². The molecule has 0 spiro atoms. The van der Waals surface area contributed by atoms with Gasteiger partial charge >= 0.3 is 11.9 Å². The van der Waals surface area contributed by atoms with Gasteiger partial charge in [-0.25, -0.2) is 0 Å². The van der Waals surface area contributed by atoms with E-state index in [0.29, 0.717) is 6.42 Å². The van der Waals surface area contributed by atoms with Crippen molar-refractivity contribution in [1.82, 2.24) is 0 Å². The lowest BCUT2D eigenvalue weighted by molar-refractivity contribution is -0.157. The van der Waals surface area contributed by atoms with Crippen LogP contribution in [-0.4, -0.2) is 24.1 Å². The highest BCUT2D eigenvalue weighted by Crippen LogP contribution is 2.21. The van der Waals surface area contributed by atoms with Crippen LogP contribution in [0.25, 0.3) is 0 Å². The van der Waals surface area contributed by atoms with E-state index in [1.165, 1.54) is 11.6 Å². The molecule has 21 heavy (non-hydrogen) atoms. The van der Waals surface area contributed by atoms with Gasteiger partial charge in [-0.05, 0) is 39.7 Å². The topological polar surface area (TPSA) is 52.6 Å². The van der Waals surface area contributed by atoms with Crippen molar-refractivity contribution in [2.45, 2.75) is 52.1 Å². The maximum Gasteiger partial charge on any atom is 0.307 e. The summed E-state index contributed by atoms with van der Waals surface area (Å²) in [6.07, 6.45) is 6.67. The molecule has 0 saturated heterocycles. The summed E-state index contributed by atoms with van der Waals surface area (Å²) in [7, 11) is 0. The Hall–Kier alpha value is -1.84. The molecule has 0 amide bonds. The van der Waals surface area contributed by atoms with Gasteiger partial charge in [0.25, 0.3) is 0 Å². The average Bonchev–Trinajstić information content (AvgIpc) is 2.42. The predicted molar refractivity (Wildman–Crippen MR) is 83.7 cm³/mol. The maximum atomic E-state index is 11.8. The minimum Gasteiger partial charge on any atom is -0.461 e. The fourth-order valence-corrected chi connectivity index (χ4v) is 1.58. The fraction of sp³-hybridized carbons (Fsp3) is 0.529. The number of rotatable bonds is 10. The molecule has 0 aromatic carbocycles.